The van der Waals surface area contributed by atoms with Crippen molar-refractivity contribution in [3.8, 4) is 0 Å². The van der Waals surface area contributed by atoms with Gasteiger partial charge in [0.15, 0.2) is 29.9 Å². The summed E-state index contributed by atoms with van der Waals surface area (Å²) in [5, 5.41) is 0. The highest BCUT2D eigenvalue weighted by molar-refractivity contribution is 5.91. The van der Waals surface area contributed by atoms with Crippen LogP contribution in [0.3, 0.4) is 0 Å². The van der Waals surface area contributed by atoms with Crippen molar-refractivity contribution in [1.82, 2.24) is 0 Å². The molecule has 1 aromatic rings. The molecule has 0 aliphatic rings. The molecule has 0 N–H and O–H groups in total. The Balaban J connectivity index is 3.02. The molecule has 0 spiro atoms. The van der Waals surface area contributed by atoms with E-state index in [4.69, 9.17) is 0 Å². The summed E-state index contributed by atoms with van der Waals surface area (Å²) in [7, 11) is 0. The van der Waals surface area contributed by atoms with E-state index in [1.165, 1.54) is 6.92 Å². The monoisotopic (exact) mass is 298 g/mol. The molecule has 110 valence electrons. The van der Waals surface area contributed by atoms with E-state index in [2.05, 4.69) is 9.47 Å². The lowest BCUT2D eigenvalue weighted by Crippen LogP contribution is -2.20. The maximum absolute atomic E-state index is 13.2. The van der Waals surface area contributed by atoms with E-state index in [1.54, 1.807) is 0 Å². The number of carbonyl (C=O) groups excluding carboxylic acids is 2. The molecule has 1 rings (SSSR count). The fourth-order valence-electron chi connectivity index (χ4n) is 1.18. The van der Waals surface area contributed by atoms with E-state index in [1.807, 2.05) is 0 Å². The number of benzene rings is 1. The first-order chi connectivity index (χ1) is 9.31. The third-order valence-corrected chi connectivity index (χ3v) is 2.04. The summed E-state index contributed by atoms with van der Waals surface area (Å²) in [5.41, 5.74) is -1.77. The lowest BCUT2D eigenvalue weighted by atomic mass is 10.1. The first-order valence-electron chi connectivity index (χ1n) is 5.15. The van der Waals surface area contributed by atoms with Gasteiger partial charge >= 0.3 is 11.9 Å². The standard InChI is InChI=1S/C11H7F5O4/c1-2-19-4(17)3-20-11(18)5-6(12)8(14)10(16)9(15)7(5)13/h2-3H2,1H3. The Morgan fingerprint density at radius 3 is 1.75 bits per heavy atom. The number of rotatable bonds is 4. The van der Waals surface area contributed by atoms with E-state index in [-0.39, 0.29) is 6.61 Å². The Bertz CT molecular complexity index is 529. The molecular weight excluding hydrogens is 291 g/mol. The zero-order valence-corrected chi connectivity index (χ0v) is 9.94. The van der Waals surface area contributed by atoms with Crippen molar-refractivity contribution in [2.75, 3.05) is 13.2 Å². The fourth-order valence-corrected chi connectivity index (χ4v) is 1.18. The fraction of sp³-hybridized carbons (Fsp3) is 0.273. The Hall–Kier alpha value is -2.19. The van der Waals surface area contributed by atoms with Crippen LogP contribution in [0.1, 0.15) is 17.3 Å². The highest BCUT2D eigenvalue weighted by atomic mass is 19.2. The first-order valence-corrected chi connectivity index (χ1v) is 5.15. The molecule has 9 heteroatoms. The molecule has 0 saturated heterocycles. The van der Waals surface area contributed by atoms with Crippen molar-refractivity contribution in [2.45, 2.75) is 6.92 Å². The lowest BCUT2D eigenvalue weighted by Gasteiger charge is -2.08. The van der Waals surface area contributed by atoms with Crippen molar-refractivity contribution in [3.63, 3.8) is 0 Å². The Morgan fingerprint density at radius 2 is 1.30 bits per heavy atom. The van der Waals surface area contributed by atoms with Gasteiger partial charge in [-0.05, 0) is 6.92 Å². The van der Waals surface area contributed by atoms with Gasteiger partial charge in [-0.2, -0.15) is 0 Å². The minimum atomic E-state index is -2.40. The van der Waals surface area contributed by atoms with E-state index in [0.29, 0.717) is 0 Å². The topological polar surface area (TPSA) is 52.6 Å². The third-order valence-electron chi connectivity index (χ3n) is 2.04. The molecule has 0 aliphatic heterocycles. The second-order valence-corrected chi connectivity index (χ2v) is 3.33. The van der Waals surface area contributed by atoms with Crippen molar-refractivity contribution in [1.29, 1.82) is 0 Å². The minimum Gasteiger partial charge on any atom is -0.463 e. The molecule has 0 fully saturated rings. The summed E-state index contributed by atoms with van der Waals surface area (Å²) < 4.78 is 73.2. The predicted molar refractivity (Wildman–Crippen MR) is 53.1 cm³/mol. The van der Waals surface area contributed by atoms with Crippen LogP contribution < -0.4 is 0 Å². The van der Waals surface area contributed by atoms with Crippen LogP contribution in [-0.2, 0) is 14.3 Å². The van der Waals surface area contributed by atoms with Gasteiger partial charge in [-0.1, -0.05) is 0 Å². The van der Waals surface area contributed by atoms with Crippen LogP contribution in [-0.4, -0.2) is 25.2 Å². The van der Waals surface area contributed by atoms with Crippen LogP contribution in [0.5, 0.6) is 0 Å². The number of esters is 2. The average Bonchev–Trinajstić information content (AvgIpc) is 2.41. The quantitative estimate of drug-likeness (QED) is 0.370. The molecular formula is C11H7F5O4. The molecule has 0 saturated carbocycles. The van der Waals surface area contributed by atoms with E-state index in [0.717, 1.165) is 0 Å². The highest BCUT2D eigenvalue weighted by Gasteiger charge is 2.30. The lowest BCUT2D eigenvalue weighted by molar-refractivity contribution is -0.146. The number of carbonyl (C=O) groups is 2. The Morgan fingerprint density at radius 1 is 0.850 bits per heavy atom. The average molecular weight is 298 g/mol. The number of hydrogen-bond donors (Lipinski definition) is 0. The van der Waals surface area contributed by atoms with Crippen LogP contribution in [0.15, 0.2) is 0 Å². The van der Waals surface area contributed by atoms with E-state index < -0.39 is 53.2 Å². The molecule has 0 atom stereocenters. The van der Waals surface area contributed by atoms with E-state index in [9.17, 15) is 31.5 Å². The Labute approximate surface area is 109 Å². The summed E-state index contributed by atoms with van der Waals surface area (Å²) >= 11 is 0. The van der Waals surface area contributed by atoms with Crippen molar-refractivity contribution in [2.24, 2.45) is 0 Å². The summed E-state index contributed by atoms with van der Waals surface area (Å²) in [5.74, 6) is -14.6. The van der Waals surface area contributed by atoms with Gasteiger partial charge in [-0.25, -0.2) is 31.5 Å². The molecule has 0 radical (unpaired) electrons. The molecule has 4 nitrogen and oxygen atoms in total. The summed E-state index contributed by atoms with van der Waals surface area (Å²) in [6.45, 7) is 0.384. The van der Waals surface area contributed by atoms with E-state index >= 15 is 0 Å². The highest BCUT2D eigenvalue weighted by Crippen LogP contribution is 2.23. The molecule has 0 aliphatic carbocycles. The van der Waals surface area contributed by atoms with Gasteiger partial charge in [0.25, 0.3) is 0 Å². The van der Waals surface area contributed by atoms with Gasteiger partial charge in [-0.15, -0.1) is 0 Å². The largest absolute Gasteiger partial charge is 0.463 e. The third kappa shape index (κ3) is 3.03. The molecule has 0 bridgehead atoms. The number of halogens is 5. The molecule has 0 heterocycles. The second kappa shape index (κ2) is 6.31. The number of hydrogen-bond acceptors (Lipinski definition) is 4. The molecule has 0 amide bonds. The van der Waals surface area contributed by atoms with Crippen LogP contribution >= 0.6 is 0 Å². The summed E-state index contributed by atoms with van der Waals surface area (Å²) in [6, 6.07) is 0. The molecule has 0 aromatic heterocycles. The van der Waals surface area contributed by atoms with Gasteiger partial charge < -0.3 is 9.47 Å². The Kier molecular flexibility index (Phi) is 5.00. The molecule has 1 aromatic carbocycles. The first kappa shape index (κ1) is 15.9. The summed E-state index contributed by atoms with van der Waals surface area (Å²) in [4.78, 5) is 22.1. The van der Waals surface area contributed by atoms with Gasteiger partial charge in [0.05, 0.1) is 6.61 Å². The van der Waals surface area contributed by atoms with Gasteiger partial charge in [0.1, 0.15) is 5.56 Å². The van der Waals surface area contributed by atoms with Crippen molar-refractivity contribution < 1.29 is 41.0 Å². The predicted octanol–water partition coefficient (Wildman–Crippen LogP) is 2.10. The smallest absolute Gasteiger partial charge is 0.344 e. The van der Waals surface area contributed by atoms with Crippen molar-refractivity contribution in [3.05, 3.63) is 34.6 Å². The zero-order valence-electron chi connectivity index (χ0n) is 9.94. The summed E-state index contributed by atoms with van der Waals surface area (Å²) in [6.07, 6.45) is 0. The second-order valence-electron chi connectivity index (χ2n) is 3.33. The maximum atomic E-state index is 13.2. The zero-order chi connectivity index (χ0) is 15.4. The normalized spacial score (nSPS) is 10.3. The van der Waals surface area contributed by atoms with Gasteiger partial charge in [0.2, 0.25) is 5.82 Å². The van der Waals surface area contributed by atoms with Crippen LogP contribution in [0.2, 0.25) is 0 Å². The van der Waals surface area contributed by atoms with Crippen LogP contribution in [0, 0.1) is 29.1 Å². The molecule has 0 unspecified atom stereocenters. The number of ether oxygens (including phenoxy) is 2. The van der Waals surface area contributed by atoms with Gasteiger partial charge in [0, 0.05) is 0 Å². The van der Waals surface area contributed by atoms with Crippen LogP contribution in [0.4, 0.5) is 22.0 Å². The maximum Gasteiger partial charge on any atom is 0.344 e. The molecule has 20 heavy (non-hydrogen) atoms. The van der Waals surface area contributed by atoms with Crippen molar-refractivity contribution >= 4 is 11.9 Å². The minimum absolute atomic E-state index is 0.0427. The SMILES string of the molecule is CCOC(=O)COC(=O)c1c(F)c(F)c(F)c(F)c1F. The van der Waals surface area contributed by atoms with Crippen LogP contribution in [0.25, 0.3) is 0 Å². The van der Waals surface area contributed by atoms with Gasteiger partial charge in [-0.3, -0.25) is 0 Å².